The Hall–Kier alpha value is -0.830. The molecule has 0 amide bonds. The lowest BCUT2D eigenvalue weighted by Gasteiger charge is -2.36. The number of sulfonamides is 1. The van der Waals surface area contributed by atoms with Gasteiger partial charge in [-0.3, -0.25) is 0 Å². The van der Waals surface area contributed by atoms with Gasteiger partial charge in [0.05, 0.1) is 11.8 Å². The maximum Gasteiger partial charge on any atom is 0.416 e. The molecule has 1 saturated heterocycles. The first kappa shape index (κ1) is 25.2. The molecule has 0 N–H and O–H groups in total. The van der Waals surface area contributed by atoms with E-state index in [1.807, 2.05) is 13.8 Å². The van der Waals surface area contributed by atoms with E-state index in [1.54, 1.807) is 6.07 Å². The van der Waals surface area contributed by atoms with Gasteiger partial charge in [-0.1, -0.05) is 25.1 Å². The second-order valence-corrected chi connectivity index (χ2v) is 9.43. The SMILES string of the molecule is CCN(CC1CCN(S(C)(=O)=O)CC1)[C@H](C)Cc1cccc(C(F)(F)F)c1.Cl. The van der Waals surface area contributed by atoms with Gasteiger partial charge < -0.3 is 4.90 Å². The maximum atomic E-state index is 12.9. The zero-order chi connectivity index (χ0) is 20.2. The van der Waals surface area contributed by atoms with E-state index in [2.05, 4.69) is 4.90 Å². The molecular formula is C19H30ClF3N2O2S. The van der Waals surface area contributed by atoms with Crippen molar-refractivity contribution >= 4 is 22.4 Å². The summed E-state index contributed by atoms with van der Waals surface area (Å²) in [5, 5.41) is 0. The first-order valence-electron chi connectivity index (χ1n) is 9.36. The average molecular weight is 443 g/mol. The Kier molecular flexibility index (Phi) is 9.25. The van der Waals surface area contributed by atoms with Crippen molar-refractivity contribution in [3.63, 3.8) is 0 Å². The molecule has 0 unspecified atom stereocenters. The standard InChI is InChI=1S/C19H29F3N2O2S.ClH/c1-4-23(14-16-8-10-24(11-9-16)27(3,25)26)15(2)12-17-6-5-7-18(13-17)19(20,21)22;/h5-7,13,15-16H,4,8-12,14H2,1-3H3;1H/t15-;/m1./s1. The van der Waals surface area contributed by atoms with Crippen LogP contribution in [0.4, 0.5) is 13.2 Å². The van der Waals surface area contributed by atoms with Gasteiger partial charge >= 0.3 is 6.18 Å². The van der Waals surface area contributed by atoms with Crippen LogP contribution in [0.25, 0.3) is 0 Å². The zero-order valence-electron chi connectivity index (χ0n) is 16.6. The predicted molar refractivity (Wildman–Crippen MR) is 108 cm³/mol. The molecule has 1 aliphatic heterocycles. The Bertz CT molecular complexity index is 720. The molecular weight excluding hydrogens is 413 g/mol. The van der Waals surface area contributed by atoms with E-state index >= 15 is 0 Å². The number of nitrogens with zero attached hydrogens (tertiary/aromatic N) is 2. The second kappa shape index (κ2) is 10.3. The van der Waals surface area contributed by atoms with Crippen molar-refractivity contribution in [3.05, 3.63) is 35.4 Å². The molecule has 1 aromatic rings. The highest BCUT2D eigenvalue weighted by Crippen LogP contribution is 2.30. The van der Waals surface area contributed by atoms with Crippen LogP contribution in [-0.4, -0.2) is 56.1 Å². The van der Waals surface area contributed by atoms with Crippen LogP contribution in [0.3, 0.4) is 0 Å². The van der Waals surface area contributed by atoms with Crippen molar-refractivity contribution in [2.24, 2.45) is 5.92 Å². The van der Waals surface area contributed by atoms with Crippen molar-refractivity contribution in [1.82, 2.24) is 9.21 Å². The normalized spacial score (nSPS) is 18.1. The highest BCUT2D eigenvalue weighted by Gasteiger charge is 2.31. The first-order valence-corrected chi connectivity index (χ1v) is 11.2. The van der Waals surface area contributed by atoms with E-state index in [4.69, 9.17) is 0 Å². The molecule has 28 heavy (non-hydrogen) atoms. The van der Waals surface area contributed by atoms with Crippen LogP contribution >= 0.6 is 12.4 Å². The van der Waals surface area contributed by atoms with Crippen molar-refractivity contribution in [3.8, 4) is 0 Å². The third kappa shape index (κ3) is 7.21. The number of rotatable bonds is 7. The minimum absolute atomic E-state index is 0. The molecule has 1 fully saturated rings. The molecule has 0 bridgehead atoms. The minimum Gasteiger partial charge on any atom is -0.300 e. The third-order valence-corrected chi connectivity index (χ3v) is 6.65. The van der Waals surface area contributed by atoms with Crippen LogP contribution < -0.4 is 0 Å². The molecule has 0 aromatic heterocycles. The Balaban J connectivity index is 0.00000392. The van der Waals surface area contributed by atoms with Gasteiger partial charge in [0.1, 0.15) is 0 Å². The van der Waals surface area contributed by atoms with Gasteiger partial charge in [-0.15, -0.1) is 12.4 Å². The Morgan fingerprint density at radius 2 is 1.86 bits per heavy atom. The van der Waals surface area contributed by atoms with Gasteiger partial charge in [0, 0.05) is 25.7 Å². The van der Waals surface area contributed by atoms with E-state index in [0.29, 0.717) is 31.0 Å². The lowest BCUT2D eigenvalue weighted by Crippen LogP contribution is -2.43. The summed E-state index contributed by atoms with van der Waals surface area (Å²) < 4.78 is 63.4. The lowest BCUT2D eigenvalue weighted by atomic mass is 9.96. The zero-order valence-corrected chi connectivity index (χ0v) is 18.2. The van der Waals surface area contributed by atoms with Crippen LogP contribution in [-0.2, 0) is 22.6 Å². The summed E-state index contributed by atoms with van der Waals surface area (Å²) in [5.74, 6) is 0.409. The molecule has 2 rings (SSSR count). The lowest BCUT2D eigenvalue weighted by molar-refractivity contribution is -0.137. The fraction of sp³-hybridized carbons (Fsp3) is 0.684. The van der Waals surface area contributed by atoms with E-state index in [9.17, 15) is 21.6 Å². The van der Waals surface area contributed by atoms with Crippen molar-refractivity contribution in [2.45, 2.75) is 45.3 Å². The van der Waals surface area contributed by atoms with E-state index in [0.717, 1.165) is 32.0 Å². The smallest absolute Gasteiger partial charge is 0.300 e. The number of piperidine rings is 1. The average Bonchev–Trinajstić information content (AvgIpc) is 2.58. The fourth-order valence-corrected chi connectivity index (χ4v) is 4.59. The molecule has 1 atom stereocenters. The maximum absolute atomic E-state index is 12.9. The Morgan fingerprint density at radius 3 is 2.36 bits per heavy atom. The number of halogens is 4. The molecule has 0 aliphatic carbocycles. The van der Waals surface area contributed by atoms with Gasteiger partial charge in [0.15, 0.2) is 0 Å². The summed E-state index contributed by atoms with van der Waals surface area (Å²) in [7, 11) is -3.13. The number of benzene rings is 1. The van der Waals surface area contributed by atoms with E-state index in [-0.39, 0.29) is 18.4 Å². The first-order chi connectivity index (χ1) is 12.5. The van der Waals surface area contributed by atoms with Crippen LogP contribution in [0.15, 0.2) is 24.3 Å². The summed E-state index contributed by atoms with van der Waals surface area (Å²) in [6.45, 7) is 6.83. The summed E-state index contributed by atoms with van der Waals surface area (Å²) in [6, 6.07) is 5.65. The highest BCUT2D eigenvalue weighted by atomic mass is 35.5. The summed E-state index contributed by atoms with van der Waals surface area (Å²) in [5.41, 5.74) is 0.0751. The van der Waals surface area contributed by atoms with Crippen LogP contribution in [0.1, 0.15) is 37.8 Å². The Labute approximate surface area is 172 Å². The fourth-order valence-electron chi connectivity index (χ4n) is 3.72. The molecule has 1 aliphatic rings. The van der Waals surface area contributed by atoms with E-state index < -0.39 is 21.8 Å². The topological polar surface area (TPSA) is 40.6 Å². The van der Waals surface area contributed by atoms with Crippen molar-refractivity contribution < 1.29 is 21.6 Å². The number of alkyl halides is 3. The molecule has 162 valence electrons. The molecule has 0 saturated carbocycles. The second-order valence-electron chi connectivity index (χ2n) is 7.44. The van der Waals surface area contributed by atoms with Crippen LogP contribution in [0, 0.1) is 5.92 Å². The highest BCUT2D eigenvalue weighted by molar-refractivity contribution is 7.88. The van der Waals surface area contributed by atoms with Gasteiger partial charge in [-0.05, 0) is 50.3 Å². The van der Waals surface area contributed by atoms with Gasteiger partial charge in [-0.25, -0.2) is 12.7 Å². The summed E-state index contributed by atoms with van der Waals surface area (Å²) >= 11 is 0. The van der Waals surface area contributed by atoms with Crippen molar-refractivity contribution in [2.75, 3.05) is 32.4 Å². The van der Waals surface area contributed by atoms with Gasteiger partial charge in [0.2, 0.25) is 10.0 Å². The number of likely N-dealkylation sites (N-methyl/N-ethyl adjacent to an activating group) is 1. The Morgan fingerprint density at radius 1 is 1.25 bits per heavy atom. The van der Waals surface area contributed by atoms with Crippen molar-refractivity contribution in [1.29, 1.82) is 0 Å². The number of hydrogen-bond acceptors (Lipinski definition) is 3. The van der Waals surface area contributed by atoms with Crippen LogP contribution in [0.2, 0.25) is 0 Å². The van der Waals surface area contributed by atoms with E-state index in [1.165, 1.54) is 22.7 Å². The molecule has 1 aromatic carbocycles. The number of hydrogen-bond donors (Lipinski definition) is 0. The monoisotopic (exact) mass is 442 g/mol. The predicted octanol–water partition coefficient (Wildman–Crippen LogP) is 4.05. The molecule has 0 radical (unpaired) electrons. The minimum atomic E-state index is -4.32. The molecule has 0 spiro atoms. The summed E-state index contributed by atoms with van der Waals surface area (Å²) in [4.78, 5) is 2.28. The molecule has 4 nitrogen and oxygen atoms in total. The molecule has 1 heterocycles. The largest absolute Gasteiger partial charge is 0.416 e. The summed E-state index contributed by atoms with van der Waals surface area (Å²) in [6.07, 6.45) is -0.889. The molecule has 9 heteroatoms. The van der Waals surface area contributed by atoms with Gasteiger partial charge in [-0.2, -0.15) is 13.2 Å². The quantitative estimate of drug-likeness (QED) is 0.639. The van der Waals surface area contributed by atoms with Gasteiger partial charge in [0.25, 0.3) is 0 Å². The third-order valence-electron chi connectivity index (χ3n) is 5.35. The van der Waals surface area contributed by atoms with Crippen LogP contribution in [0.5, 0.6) is 0 Å².